The van der Waals surface area contributed by atoms with Crippen LogP contribution in [0.3, 0.4) is 0 Å². The van der Waals surface area contributed by atoms with Gasteiger partial charge in [0.1, 0.15) is 5.75 Å². The zero-order valence-corrected chi connectivity index (χ0v) is 10.9. The average molecular weight is 294 g/mol. The van der Waals surface area contributed by atoms with Gasteiger partial charge in [0.15, 0.2) is 0 Å². The Morgan fingerprint density at radius 3 is 2.88 bits per heavy atom. The quantitative estimate of drug-likeness (QED) is 0.945. The second-order valence-corrected chi connectivity index (χ2v) is 4.46. The molecule has 0 saturated heterocycles. The Labute approximate surface area is 108 Å². The molecule has 2 rings (SSSR count). The molecule has 0 fully saturated rings. The Morgan fingerprint density at radius 1 is 1.35 bits per heavy atom. The maximum absolute atomic E-state index is 5.61. The third-order valence-electron chi connectivity index (χ3n) is 2.24. The number of nitrogens with two attached hydrogens (primary N) is 1. The monoisotopic (exact) mass is 293 g/mol. The van der Waals surface area contributed by atoms with Gasteiger partial charge in [-0.1, -0.05) is 15.9 Å². The van der Waals surface area contributed by atoms with Crippen LogP contribution in [0, 0.1) is 6.92 Å². The van der Waals surface area contributed by atoms with E-state index in [-0.39, 0.29) is 0 Å². The van der Waals surface area contributed by atoms with E-state index in [1.165, 1.54) is 0 Å². The molecule has 17 heavy (non-hydrogen) atoms. The minimum Gasteiger partial charge on any atom is -0.424 e. The molecule has 1 aromatic carbocycles. The lowest BCUT2D eigenvalue weighted by Crippen LogP contribution is -2.02. The van der Waals surface area contributed by atoms with Crippen LogP contribution in [0.1, 0.15) is 11.3 Å². The van der Waals surface area contributed by atoms with Crippen LogP contribution in [0.25, 0.3) is 0 Å². The van der Waals surface area contributed by atoms with Crippen molar-refractivity contribution in [1.29, 1.82) is 0 Å². The Hall–Kier alpha value is -1.46. The highest BCUT2D eigenvalue weighted by Crippen LogP contribution is 2.25. The van der Waals surface area contributed by atoms with Gasteiger partial charge >= 0.3 is 6.01 Å². The first-order valence-corrected chi connectivity index (χ1v) is 5.94. The fourth-order valence-electron chi connectivity index (χ4n) is 1.36. The lowest BCUT2D eigenvalue weighted by molar-refractivity contribution is 0.436. The van der Waals surface area contributed by atoms with Crippen molar-refractivity contribution in [3.63, 3.8) is 0 Å². The minimum absolute atomic E-state index is 0.318. The standard InChI is InChI=1S/C12H12BrN3O/c1-8-6-9(13)2-3-11(8)17-12-15-5-4-10(7-14)16-12/h2-6H,7,14H2,1H3. The lowest BCUT2D eigenvalue weighted by atomic mass is 10.2. The highest BCUT2D eigenvalue weighted by Gasteiger charge is 2.04. The van der Waals surface area contributed by atoms with Crippen molar-refractivity contribution in [2.24, 2.45) is 5.73 Å². The van der Waals surface area contributed by atoms with Crippen LogP contribution < -0.4 is 10.5 Å². The van der Waals surface area contributed by atoms with Gasteiger partial charge in [0.05, 0.1) is 5.69 Å². The van der Waals surface area contributed by atoms with Crippen LogP contribution in [-0.4, -0.2) is 9.97 Å². The normalized spacial score (nSPS) is 10.3. The molecule has 0 saturated carbocycles. The van der Waals surface area contributed by atoms with Gasteiger partial charge in [-0.05, 0) is 36.8 Å². The van der Waals surface area contributed by atoms with Crippen LogP contribution in [0.2, 0.25) is 0 Å². The van der Waals surface area contributed by atoms with Gasteiger partial charge in [0.25, 0.3) is 0 Å². The molecule has 0 radical (unpaired) electrons. The maximum atomic E-state index is 5.61. The van der Waals surface area contributed by atoms with Gasteiger partial charge in [0.2, 0.25) is 0 Å². The van der Waals surface area contributed by atoms with Crippen molar-refractivity contribution in [2.75, 3.05) is 0 Å². The Kier molecular flexibility index (Phi) is 3.71. The molecule has 0 atom stereocenters. The fourth-order valence-corrected chi connectivity index (χ4v) is 1.84. The number of ether oxygens (including phenoxy) is 1. The number of benzene rings is 1. The van der Waals surface area contributed by atoms with Crippen LogP contribution in [0.15, 0.2) is 34.9 Å². The van der Waals surface area contributed by atoms with Crippen molar-refractivity contribution < 1.29 is 4.74 Å². The first kappa shape index (κ1) is 12.0. The number of nitrogens with zero attached hydrogens (tertiary/aromatic N) is 2. The van der Waals surface area contributed by atoms with E-state index >= 15 is 0 Å². The summed E-state index contributed by atoms with van der Waals surface area (Å²) in [4.78, 5) is 8.23. The van der Waals surface area contributed by atoms with E-state index in [0.717, 1.165) is 21.5 Å². The summed E-state index contributed by atoms with van der Waals surface area (Å²) in [5.41, 5.74) is 7.28. The van der Waals surface area contributed by atoms with E-state index in [2.05, 4.69) is 25.9 Å². The van der Waals surface area contributed by atoms with Gasteiger partial charge in [-0.2, -0.15) is 4.98 Å². The molecule has 0 bridgehead atoms. The summed E-state index contributed by atoms with van der Waals surface area (Å²) in [5, 5.41) is 0. The number of hydrogen-bond donors (Lipinski definition) is 1. The van der Waals surface area contributed by atoms with Crippen LogP contribution in [-0.2, 0) is 6.54 Å². The molecular weight excluding hydrogens is 282 g/mol. The topological polar surface area (TPSA) is 61.0 Å². The zero-order valence-electron chi connectivity index (χ0n) is 9.35. The molecule has 0 spiro atoms. The number of rotatable bonds is 3. The molecule has 88 valence electrons. The molecule has 5 heteroatoms. The van der Waals surface area contributed by atoms with E-state index in [1.54, 1.807) is 12.3 Å². The highest BCUT2D eigenvalue weighted by atomic mass is 79.9. The molecule has 1 aromatic heterocycles. The first-order valence-electron chi connectivity index (χ1n) is 5.15. The SMILES string of the molecule is Cc1cc(Br)ccc1Oc1nccc(CN)n1. The lowest BCUT2D eigenvalue weighted by Gasteiger charge is -2.07. The zero-order chi connectivity index (χ0) is 12.3. The molecule has 0 aliphatic rings. The third kappa shape index (κ3) is 3.01. The van der Waals surface area contributed by atoms with Crippen molar-refractivity contribution in [2.45, 2.75) is 13.5 Å². The summed E-state index contributed by atoms with van der Waals surface area (Å²) in [6, 6.07) is 7.84. The smallest absolute Gasteiger partial charge is 0.322 e. The summed E-state index contributed by atoms with van der Waals surface area (Å²) >= 11 is 3.40. The Balaban J connectivity index is 2.25. The number of aryl methyl sites for hydroxylation is 1. The van der Waals surface area contributed by atoms with Gasteiger partial charge in [-0.25, -0.2) is 4.98 Å². The second-order valence-electron chi connectivity index (χ2n) is 3.55. The first-order chi connectivity index (χ1) is 8.19. The van der Waals surface area contributed by atoms with Crippen molar-refractivity contribution in [3.8, 4) is 11.8 Å². The molecule has 0 unspecified atom stereocenters. The van der Waals surface area contributed by atoms with E-state index in [0.29, 0.717) is 12.6 Å². The number of halogens is 1. The summed E-state index contributed by atoms with van der Waals surface area (Å²) in [5.74, 6) is 0.738. The van der Waals surface area contributed by atoms with E-state index in [4.69, 9.17) is 10.5 Å². The predicted molar refractivity (Wildman–Crippen MR) is 68.9 cm³/mol. The molecule has 2 aromatic rings. The summed E-state index contributed by atoms with van der Waals surface area (Å²) < 4.78 is 6.62. The molecule has 0 aliphatic carbocycles. The molecule has 2 N–H and O–H groups in total. The van der Waals surface area contributed by atoms with E-state index in [9.17, 15) is 0 Å². The van der Waals surface area contributed by atoms with E-state index in [1.807, 2.05) is 25.1 Å². The fraction of sp³-hybridized carbons (Fsp3) is 0.167. The number of hydrogen-bond acceptors (Lipinski definition) is 4. The van der Waals surface area contributed by atoms with Gasteiger partial charge in [0, 0.05) is 17.2 Å². The predicted octanol–water partition coefficient (Wildman–Crippen LogP) is 2.80. The van der Waals surface area contributed by atoms with Crippen molar-refractivity contribution >= 4 is 15.9 Å². The second kappa shape index (κ2) is 5.25. The minimum atomic E-state index is 0.318. The van der Waals surface area contributed by atoms with Crippen molar-refractivity contribution in [3.05, 3.63) is 46.2 Å². The summed E-state index contributed by atoms with van der Waals surface area (Å²) in [6.45, 7) is 2.34. The van der Waals surface area contributed by atoms with Crippen molar-refractivity contribution in [1.82, 2.24) is 9.97 Å². The maximum Gasteiger partial charge on any atom is 0.322 e. The molecule has 1 heterocycles. The number of aromatic nitrogens is 2. The van der Waals surface area contributed by atoms with Gasteiger partial charge in [-0.3, -0.25) is 0 Å². The van der Waals surface area contributed by atoms with E-state index < -0.39 is 0 Å². The van der Waals surface area contributed by atoms with Gasteiger partial charge in [-0.15, -0.1) is 0 Å². The van der Waals surface area contributed by atoms with Gasteiger partial charge < -0.3 is 10.5 Å². The molecule has 0 amide bonds. The summed E-state index contributed by atoms with van der Waals surface area (Å²) in [6.07, 6.45) is 1.64. The highest BCUT2D eigenvalue weighted by molar-refractivity contribution is 9.10. The molecule has 4 nitrogen and oxygen atoms in total. The molecule has 0 aliphatic heterocycles. The van der Waals surface area contributed by atoms with Crippen LogP contribution in [0.4, 0.5) is 0 Å². The molecular formula is C12H12BrN3O. The largest absolute Gasteiger partial charge is 0.424 e. The Morgan fingerprint density at radius 2 is 2.18 bits per heavy atom. The Bertz CT molecular complexity index is 531. The third-order valence-corrected chi connectivity index (χ3v) is 2.73. The summed E-state index contributed by atoms with van der Waals surface area (Å²) in [7, 11) is 0. The van der Waals surface area contributed by atoms with Crippen LogP contribution >= 0.6 is 15.9 Å². The van der Waals surface area contributed by atoms with Crippen LogP contribution in [0.5, 0.6) is 11.8 Å². The average Bonchev–Trinajstić information content (AvgIpc) is 2.33.